The van der Waals surface area contributed by atoms with E-state index in [9.17, 15) is 0 Å². The quantitative estimate of drug-likeness (QED) is 0.639. The van der Waals surface area contributed by atoms with Gasteiger partial charge in [0.15, 0.2) is 0 Å². The molecule has 19 heavy (non-hydrogen) atoms. The van der Waals surface area contributed by atoms with Gasteiger partial charge in [0.05, 0.1) is 0 Å². The fourth-order valence-electron chi connectivity index (χ4n) is 2.34. The van der Waals surface area contributed by atoms with Crippen molar-refractivity contribution in [2.24, 2.45) is 0 Å². The van der Waals surface area contributed by atoms with Gasteiger partial charge in [-0.05, 0) is 37.9 Å². The molecule has 1 unspecified atom stereocenters. The third kappa shape index (κ3) is 6.63. The number of nitrogens with zero attached hydrogens (tertiary/aromatic N) is 1. The van der Waals surface area contributed by atoms with Crippen LogP contribution in [0.5, 0.6) is 0 Å². The second-order valence-electron chi connectivity index (χ2n) is 5.31. The topological polar surface area (TPSA) is 15.3 Å². The van der Waals surface area contributed by atoms with Crippen LogP contribution in [-0.4, -0.2) is 26.2 Å². The smallest absolute Gasteiger partial charge is 0.0363 e. The Hall–Kier alpha value is -1.02. The Bertz CT molecular complexity index is 310. The van der Waals surface area contributed by atoms with E-state index in [1.807, 2.05) is 0 Å². The molecule has 108 valence electrons. The number of rotatable bonds is 10. The van der Waals surface area contributed by atoms with Crippen LogP contribution in [0, 0.1) is 0 Å². The standard InChI is InChI=1S/C17H30N2/c1-4-6-11-16(5-2)18-14-10-15-19(3)17-12-8-7-9-13-17/h7-9,12-13,16,18H,4-6,10-11,14-15H2,1-3H3. The van der Waals surface area contributed by atoms with E-state index in [0.717, 1.165) is 13.1 Å². The molecule has 0 aliphatic heterocycles. The predicted octanol–water partition coefficient (Wildman–Crippen LogP) is 4.07. The zero-order valence-corrected chi connectivity index (χ0v) is 12.9. The minimum absolute atomic E-state index is 0.710. The van der Waals surface area contributed by atoms with Crippen molar-refractivity contribution in [3.05, 3.63) is 30.3 Å². The first-order valence-electron chi connectivity index (χ1n) is 7.77. The molecule has 0 saturated heterocycles. The highest BCUT2D eigenvalue weighted by Gasteiger charge is 2.04. The number of para-hydroxylation sites is 1. The fourth-order valence-corrected chi connectivity index (χ4v) is 2.34. The molecule has 0 heterocycles. The van der Waals surface area contributed by atoms with Gasteiger partial charge >= 0.3 is 0 Å². The minimum atomic E-state index is 0.710. The van der Waals surface area contributed by atoms with Crippen LogP contribution in [-0.2, 0) is 0 Å². The molecule has 0 spiro atoms. The Labute approximate surface area is 119 Å². The maximum atomic E-state index is 3.68. The first-order chi connectivity index (χ1) is 9.27. The molecule has 0 amide bonds. The highest BCUT2D eigenvalue weighted by molar-refractivity contribution is 5.44. The summed E-state index contributed by atoms with van der Waals surface area (Å²) in [5, 5.41) is 3.68. The lowest BCUT2D eigenvalue weighted by atomic mass is 10.1. The zero-order valence-electron chi connectivity index (χ0n) is 12.9. The molecular formula is C17H30N2. The Kier molecular flexibility index (Phi) is 8.31. The molecule has 0 saturated carbocycles. The Morgan fingerprint density at radius 2 is 1.84 bits per heavy atom. The van der Waals surface area contributed by atoms with Crippen molar-refractivity contribution >= 4 is 5.69 Å². The zero-order chi connectivity index (χ0) is 13.9. The fraction of sp³-hybridized carbons (Fsp3) is 0.647. The summed E-state index contributed by atoms with van der Waals surface area (Å²) in [5.41, 5.74) is 1.31. The summed E-state index contributed by atoms with van der Waals surface area (Å²) in [6, 6.07) is 11.3. The highest BCUT2D eigenvalue weighted by Crippen LogP contribution is 2.11. The summed E-state index contributed by atoms with van der Waals surface area (Å²) in [7, 11) is 2.17. The maximum absolute atomic E-state index is 3.68. The van der Waals surface area contributed by atoms with Crippen molar-refractivity contribution in [3.8, 4) is 0 Å². The normalized spacial score (nSPS) is 12.4. The number of benzene rings is 1. The van der Waals surface area contributed by atoms with Gasteiger partial charge in [0.25, 0.3) is 0 Å². The largest absolute Gasteiger partial charge is 0.375 e. The lowest BCUT2D eigenvalue weighted by Gasteiger charge is -2.21. The maximum Gasteiger partial charge on any atom is 0.0363 e. The highest BCUT2D eigenvalue weighted by atomic mass is 15.1. The summed E-state index contributed by atoms with van der Waals surface area (Å²) >= 11 is 0. The van der Waals surface area contributed by atoms with Gasteiger partial charge in [0.2, 0.25) is 0 Å². The van der Waals surface area contributed by atoms with Gasteiger partial charge in [-0.1, -0.05) is 44.9 Å². The number of hydrogen-bond donors (Lipinski definition) is 1. The van der Waals surface area contributed by atoms with Crippen LogP contribution in [0.4, 0.5) is 5.69 Å². The van der Waals surface area contributed by atoms with E-state index in [0.29, 0.717) is 6.04 Å². The van der Waals surface area contributed by atoms with Crippen LogP contribution in [0.3, 0.4) is 0 Å². The average Bonchev–Trinajstić information content (AvgIpc) is 2.47. The van der Waals surface area contributed by atoms with Crippen molar-refractivity contribution < 1.29 is 0 Å². The predicted molar refractivity (Wildman–Crippen MR) is 85.9 cm³/mol. The van der Waals surface area contributed by atoms with Gasteiger partial charge in [0.1, 0.15) is 0 Å². The molecule has 1 aromatic rings. The molecule has 1 N–H and O–H groups in total. The summed E-state index contributed by atoms with van der Waals surface area (Å²) in [6.45, 7) is 6.78. The van der Waals surface area contributed by atoms with Crippen LogP contribution >= 0.6 is 0 Å². The van der Waals surface area contributed by atoms with E-state index in [1.165, 1.54) is 37.8 Å². The van der Waals surface area contributed by atoms with Crippen molar-refractivity contribution in [2.45, 2.75) is 52.0 Å². The van der Waals surface area contributed by atoms with Gasteiger partial charge in [-0.25, -0.2) is 0 Å². The van der Waals surface area contributed by atoms with Crippen LogP contribution < -0.4 is 10.2 Å². The average molecular weight is 262 g/mol. The second kappa shape index (κ2) is 9.85. The number of nitrogens with one attached hydrogen (secondary N) is 1. The Morgan fingerprint density at radius 1 is 1.11 bits per heavy atom. The first kappa shape index (κ1) is 16.0. The molecule has 0 aliphatic carbocycles. The molecule has 0 fully saturated rings. The first-order valence-corrected chi connectivity index (χ1v) is 7.77. The van der Waals surface area contributed by atoms with E-state index in [4.69, 9.17) is 0 Å². The second-order valence-corrected chi connectivity index (χ2v) is 5.31. The lowest BCUT2D eigenvalue weighted by Crippen LogP contribution is -2.31. The summed E-state index contributed by atoms with van der Waals surface area (Å²) in [6.07, 6.45) is 6.41. The van der Waals surface area contributed by atoms with Crippen molar-refractivity contribution in [1.82, 2.24) is 5.32 Å². The number of unbranched alkanes of at least 4 members (excludes halogenated alkanes) is 1. The molecule has 1 aromatic carbocycles. The molecule has 0 aromatic heterocycles. The number of hydrogen-bond acceptors (Lipinski definition) is 2. The van der Waals surface area contributed by atoms with Gasteiger partial charge in [-0.3, -0.25) is 0 Å². The third-order valence-corrected chi connectivity index (χ3v) is 3.70. The molecule has 2 heteroatoms. The van der Waals surface area contributed by atoms with Crippen LogP contribution in [0.15, 0.2) is 30.3 Å². The van der Waals surface area contributed by atoms with Crippen LogP contribution in [0.25, 0.3) is 0 Å². The third-order valence-electron chi connectivity index (χ3n) is 3.70. The van der Waals surface area contributed by atoms with E-state index < -0.39 is 0 Å². The Balaban J connectivity index is 2.16. The lowest BCUT2D eigenvalue weighted by molar-refractivity contribution is 0.450. The molecule has 0 aliphatic rings. The van der Waals surface area contributed by atoms with Crippen molar-refractivity contribution in [3.63, 3.8) is 0 Å². The molecule has 1 atom stereocenters. The SMILES string of the molecule is CCCCC(CC)NCCCN(C)c1ccccc1. The van der Waals surface area contributed by atoms with Crippen molar-refractivity contribution in [1.29, 1.82) is 0 Å². The summed E-state index contributed by atoms with van der Waals surface area (Å²) in [5.74, 6) is 0. The minimum Gasteiger partial charge on any atom is -0.375 e. The van der Waals surface area contributed by atoms with E-state index in [1.54, 1.807) is 0 Å². The van der Waals surface area contributed by atoms with Gasteiger partial charge in [-0.2, -0.15) is 0 Å². The molecule has 1 rings (SSSR count). The van der Waals surface area contributed by atoms with E-state index in [-0.39, 0.29) is 0 Å². The van der Waals surface area contributed by atoms with Crippen LogP contribution in [0.2, 0.25) is 0 Å². The van der Waals surface area contributed by atoms with E-state index in [2.05, 4.69) is 61.4 Å². The molecular weight excluding hydrogens is 232 g/mol. The Morgan fingerprint density at radius 3 is 2.47 bits per heavy atom. The van der Waals surface area contributed by atoms with Gasteiger partial charge in [-0.15, -0.1) is 0 Å². The molecule has 0 radical (unpaired) electrons. The van der Waals surface area contributed by atoms with Crippen LogP contribution in [0.1, 0.15) is 46.0 Å². The van der Waals surface area contributed by atoms with Gasteiger partial charge < -0.3 is 10.2 Å². The molecule has 0 bridgehead atoms. The van der Waals surface area contributed by atoms with E-state index >= 15 is 0 Å². The van der Waals surface area contributed by atoms with Gasteiger partial charge in [0, 0.05) is 25.3 Å². The number of anilines is 1. The van der Waals surface area contributed by atoms with Crippen molar-refractivity contribution in [2.75, 3.05) is 25.0 Å². The monoisotopic (exact) mass is 262 g/mol. The summed E-state index contributed by atoms with van der Waals surface area (Å²) in [4.78, 5) is 2.33. The summed E-state index contributed by atoms with van der Waals surface area (Å²) < 4.78 is 0. The molecule has 2 nitrogen and oxygen atoms in total.